The van der Waals surface area contributed by atoms with Crippen LogP contribution in [-0.4, -0.2) is 38.9 Å². The van der Waals surface area contributed by atoms with Crippen molar-refractivity contribution in [2.45, 2.75) is 25.6 Å². The Morgan fingerprint density at radius 3 is 2.52 bits per heavy atom. The van der Waals surface area contributed by atoms with Crippen LogP contribution in [0, 0.1) is 25.5 Å². The van der Waals surface area contributed by atoms with Crippen molar-refractivity contribution in [2.75, 3.05) is 17.2 Å². The van der Waals surface area contributed by atoms with Gasteiger partial charge in [-0.1, -0.05) is 60.2 Å². The number of anilines is 1. The van der Waals surface area contributed by atoms with E-state index in [2.05, 4.69) is 10.3 Å². The fourth-order valence-electron chi connectivity index (χ4n) is 5.39. The predicted molar refractivity (Wildman–Crippen MR) is 168 cm³/mol. The molecule has 1 aliphatic heterocycles. The Hall–Kier alpha value is -4.83. The van der Waals surface area contributed by atoms with E-state index < -0.39 is 16.9 Å². The number of amides is 2. The second kappa shape index (κ2) is 12.4. The molecule has 5 aromatic rings. The Balaban J connectivity index is 1.55. The standard InChI is InChI=1S/C34H29F2N5O2S/c1-21-11-14-28(22(2)16-21)41-34-31(32(39-41)23-8-4-3-5-9-23)33(26-13-12-24(35)17-27(26)36)44-20-30(43)40(34)19-29(42)38-18-25-10-6-7-15-37-25/h3-17,33H,18-20H2,1-2H3,(H,38,42). The van der Waals surface area contributed by atoms with Gasteiger partial charge in [0, 0.05) is 29.0 Å². The van der Waals surface area contributed by atoms with E-state index in [1.165, 1.54) is 28.8 Å². The van der Waals surface area contributed by atoms with Gasteiger partial charge in [0.1, 0.15) is 24.0 Å². The lowest BCUT2D eigenvalue weighted by Gasteiger charge is -2.24. The maximum absolute atomic E-state index is 15.5. The van der Waals surface area contributed by atoms with Gasteiger partial charge >= 0.3 is 0 Å². The second-order valence-electron chi connectivity index (χ2n) is 10.6. The number of carbonyl (C=O) groups excluding carboxylic acids is 2. The largest absolute Gasteiger partial charge is 0.349 e. The Labute approximate surface area is 257 Å². The maximum atomic E-state index is 15.5. The van der Waals surface area contributed by atoms with E-state index in [1.807, 2.05) is 68.4 Å². The van der Waals surface area contributed by atoms with Crippen molar-refractivity contribution >= 4 is 29.4 Å². The monoisotopic (exact) mass is 609 g/mol. The van der Waals surface area contributed by atoms with Gasteiger partial charge in [0.25, 0.3) is 0 Å². The van der Waals surface area contributed by atoms with Crippen LogP contribution in [0.25, 0.3) is 16.9 Å². The summed E-state index contributed by atoms with van der Waals surface area (Å²) in [4.78, 5) is 32.9. The molecular formula is C34H29F2N5O2S. The van der Waals surface area contributed by atoms with Crippen LogP contribution >= 0.6 is 11.8 Å². The molecule has 7 nitrogen and oxygen atoms in total. The molecule has 6 rings (SSSR count). The third-order valence-electron chi connectivity index (χ3n) is 7.46. The Kier molecular flexibility index (Phi) is 8.25. The number of nitrogens with one attached hydrogen (secondary N) is 1. The van der Waals surface area contributed by atoms with Gasteiger partial charge < -0.3 is 5.32 Å². The van der Waals surface area contributed by atoms with Gasteiger partial charge in [0.05, 0.1) is 34.6 Å². The molecule has 0 aliphatic carbocycles. The summed E-state index contributed by atoms with van der Waals surface area (Å²) < 4.78 is 31.2. The summed E-state index contributed by atoms with van der Waals surface area (Å²) >= 11 is 1.22. The van der Waals surface area contributed by atoms with Crippen LogP contribution in [-0.2, 0) is 16.1 Å². The van der Waals surface area contributed by atoms with E-state index >= 15 is 4.39 Å². The Morgan fingerprint density at radius 1 is 1.00 bits per heavy atom. The van der Waals surface area contributed by atoms with Crippen LogP contribution in [0.4, 0.5) is 14.6 Å². The molecule has 222 valence electrons. The molecule has 1 N–H and O–H groups in total. The molecule has 1 unspecified atom stereocenters. The smallest absolute Gasteiger partial charge is 0.240 e. The normalized spacial score (nSPS) is 14.7. The molecule has 0 saturated heterocycles. The zero-order chi connectivity index (χ0) is 30.8. The summed E-state index contributed by atoms with van der Waals surface area (Å²) in [5.41, 5.74) is 5.44. The van der Waals surface area contributed by atoms with Gasteiger partial charge in [-0.15, -0.1) is 11.8 Å². The highest BCUT2D eigenvalue weighted by Gasteiger charge is 2.38. The quantitative estimate of drug-likeness (QED) is 0.234. The van der Waals surface area contributed by atoms with Gasteiger partial charge in [-0.25, -0.2) is 13.5 Å². The molecule has 3 heterocycles. The van der Waals surface area contributed by atoms with E-state index in [4.69, 9.17) is 5.10 Å². The van der Waals surface area contributed by atoms with Crippen molar-refractivity contribution in [1.29, 1.82) is 0 Å². The number of pyridine rings is 1. The Morgan fingerprint density at radius 2 is 1.80 bits per heavy atom. The van der Waals surface area contributed by atoms with Crippen molar-refractivity contribution in [3.63, 3.8) is 0 Å². The number of halogens is 2. The van der Waals surface area contributed by atoms with Crippen LogP contribution in [0.15, 0.2) is 91.1 Å². The lowest BCUT2D eigenvalue weighted by Crippen LogP contribution is -2.42. The van der Waals surface area contributed by atoms with Gasteiger partial charge in [-0.05, 0) is 43.7 Å². The summed E-state index contributed by atoms with van der Waals surface area (Å²) in [6.45, 7) is 3.84. The summed E-state index contributed by atoms with van der Waals surface area (Å²) in [7, 11) is 0. The molecule has 3 aromatic carbocycles. The fraction of sp³-hybridized carbons (Fsp3) is 0.176. The second-order valence-corrected chi connectivity index (χ2v) is 11.7. The molecule has 0 fully saturated rings. The molecule has 44 heavy (non-hydrogen) atoms. The minimum absolute atomic E-state index is 0.0369. The maximum Gasteiger partial charge on any atom is 0.240 e. The van der Waals surface area contributed by atoms with Crippen LogP contribution in [0.2, 0.25) is 0 Å². The number of thioether (sulfide) groups is 1. The number of hydrogen-bond donors (Lipinski definition) is 1. The van der Waals surface area contributed by atoms with Gasteiger partial charge in [0.15, 0.2) is 0 Å². The number of aryl methyl sites for hydroxylation is 2. The molecule has 1 atom stereocenters. The topological polar surface area (TPSA) is 80.1 Å². The van der Waals surface area contributed by atoms with E-state index in [0.29, 0.717) is 28.5 Å². The fourth-order valence-corrected chi connectivity index (χ4v) is 6.61. The predicted octanol–water partition coefficient (Wildman–Crippen LogP) is 6.31. The van der Waals surface area contributed by atoms with Crippen molar-refractivity contribution in [2.24, 2.45) is 0 Å². The molecule has 0 spiro atoms. The number of fused-ring (bicyclic) bond motifs is 1. The number of nitrogens with zero attached hydrogens (tertiary/aromatic N) is 4. The highest BCUT2D eigenvalue weighted by atomic mass is 32.2. The van der Waals surface area contributed by atoms with Gasteiger partial charge in [0.2, 0.25) is 11.8 Å². The zero-order valence-corrected chi connectivity index (χ0v) is 24.9. The lowest BCUT2D eigenvalue weighted by atomic mass is 9.99. The van der Waals surface area contributed by atoms with Crippen molar-refractivity contribution < 1.29 is 18.4 Å². The summed E-state index contributed by atoms with van der Waals surface area (Å²) in [6.07, 6.45) is 1.64. The molecule has 0 bridgehead atoms. The summed E-state index contributed by atoms with van der Waals surface area (Å²) in [5, 5.41) is 7.19. The van der Waals surface area contributed by atoms with E-state index in [9.17, 15) is 14.0 Å². The molecular weight excluding hydrogens is 580 g/mol. The first-order valence-electron chi connectivity index (χ1n) is 14.1. The van der Waals surface area contributed by atoms with Gasteiger partial charge in [-0.3, -0.25) is 19.5 Å². The van der Waals surface area contributed by atoms with Crippen LogP contribution in [0.1, 0.15) is 33.2 Å². The molecule has 10 heteroatoms. The average Bonchev–Trinajstić information content (AvgIpc) is 3.34. The van der Waals surface area contributed by atoms with Crippen LogP contribution in [0.5, 0.6) is 0 Å². The SMILES string of the molecule is Cc1ccc(-n2nc(-c3ccccc3)c3c2N(CC(=O)NCc2ccccn2)C(=O)CSC3c2ccc(F)cc2F)c(C)c1. The highest BCUT2D eigenvalue weighted by molar-refractivity contribution is 8.00. The lowest BCUT2D eigenvalue weighted by molar-refractivity contribution is -0.123. The average molecular weight is 610 g/mol. The third kappa shape index (κ3) is 5.85. The first-order valence-corrected chi connectivity index (χ1v) is 15.1. The van der Waals surface area contributed by atoms with E-state index in [-0.39, 0.29) is 36.2 Å². The molecule has 0 saturated carbocycles. The molecule has 1 aliphatic rings. The number of carbonyl (C=O) groups is 2. The Bertz CT molecular complexity index is 1850. The van der Waals surface area contributed by atoms with Crippen LogP contribution < -0.4 is 10.2 Å². The highest BCUT2D eigenvalue weighted by Crippen LogP contribution is 2.49. The van der Waals surface area contributed by atoms with E-state index in [0.717, 1.165) is 22.8 Å². The molecule has 2 aromatic heterocycles. The third-order valence-corrected chi connectivity index (χ3v) is 8.69. The first-order chi connectivity index (χ1) is 21.3. The van der Waals surface area contributed by atoms with Crippen molar-refractivity contribution in [1.82, 2.24) is 20.1 Å². The minimum atomic E-state index is -0.722. The van der Waals surface area contributed by atoms with Crippen molar-refractivity contribution in [3.8, 4) is 16.9 Å². The summed E-state index contributed by atoms with van der Waals surface area (Å²) in [6, 6.07) is 24.2. The number of hydrogen-bond acceptors (Lipinski definition) is 5. The molecule has 0 radical (unpaired) electrons. The molecule has 2 amide bonds. The number of aromatic nitrogens is 3. The number of rotatable bonds is 7. The van der Waals surface area contributed by atoms with Crippen LogP contribution in [0.3, 0.4) is 0 Å². The van der Waals surface area contributed by atoms with Crippen molar-refractivity contribution in [3.05, 3.63) is 131 Å². The van der Waals surface area contributed by atoms with E-state index in [1.54, 1.807) is 23.0 Å². The summed E-state index contributed by atoms with van der Waals surface area (Å²) in [5.74, 6) is -1.80. The van der Waals surface area contributed by atoms with Gasteiger partial charge in [-0.2, -0.15) is 5.10 Å². The minimum Gasteiger partial charge on any atom is -0.349 e. The zero-order valence-electron chi connectivity index (χ0n) is 24.1. The first kappa shape index (κ1) is 29.3. The number of benzene rings is 3.